The first-order valence-corrected chi connectivity index (χ1v) is 4.24. The lowest BCUT2D eigenvalue weighted by molar-refractivity contribution is -0.140. The Bertz CT molecular complexity index is 338. The normalized spacial score (nSPS) is 18.2. The molecule has 0 saturated heterocycles. The summed E-state index contributed by atoms with van der Waals surface area (Å²) in [5.41, 5.74) is 0.937. The van der Waals surface area contributed by atoms with Crippen molar-refractivity contribution in [3.05, 3.63) is 29.8 Å². The minimum atomic E-state index is -0.725. The van der Waals surface area contributed by atoms with Gasteiger partial charge in [0.2, 0.25) is 0 Å². The standard InChI is InChI=1S/C10H9BO2/c11-8-3-1-7(2-4-8)10(5-6-10)9(12)13/h1-4H,5-6H2,(H,12,13). The number of carbonyl (C=O) groups is 1. The van der Waals surface area contributed by atoms with Gasteiger partial charge in [-0.05, 0) is 18.4 Å². The number of rotatable bonds is 2. The predicted molar refractivity (Wildman–Crippen MR) is 50.4 cm³/mol. The van der Waals surface area contributed by atoms with E-state index in [1.54, 1.807) is 24.3 Å². The van der Waals surface area contributed by atoms with Gasteiger partial charge in [0, 0.05) is 0 Å². The van der Waals surface area contributed by atoms with Gasteiger partial charge in [0.1, 0.15) is 7.85 Å². The Morgan fingerprint density at radius 2 is 1.85 bits per heavy atom. The van der Waals surface area contributed by atoms with Gasteiger partial charge in [-0.25, -0.2) is 0 Å². The van der Waals surface area contributed by atoms with Crippen LogP contribution in [0.2, 0.25) is 0 Å². The van der Waals surface area contributed by atoms with E-state index < -0.39 is 11.4 Å². The number of aliphatic carboxylic acids is 1. The number of carboxylic acids is 1. The summed E-state index contributed by atoms with van der Waals surface area (Å²) < 4.78 is 0. The highest BCUT2D eigenvalue weighted by atomic mass is 16.4. The maximum atomic E-state index is 10.9. The maximum Gasteiger partial charge on any atom is 0.314 e. The summed E-state index contributed by atoms with van der Waals surface area (Å²) in [5, 5.41) is 9.00. The van der Waals surface area contributed by atoms with Crippen molar-refractivity contribution in [3.63, 3.8) is 0 Å². The molecule has 1 N–H and O–H groups in total. The summed E-state index contributed by atoms with van der Waals surface area (Å²) >= 11 is 0. The second-order valence-corrected chi connectivity index (χ2v) is 3.51. The average molecular weight is 172 g/mol. The monoisotopic (exact) mass is 172 g/mol. The minimum Gasteiger partial charge on any atom is -0.481 e. The molecule has 0 unspecified atom stereocenters. The fourth-order valence-electron chi connectivity index (χ4n) is 1.55. The van der Waals surface area contributed by atoms with Crippen LogP contribution in [0.5, 0.6) is 0 Å². The predicted octanol–water partition coefficient (Wildman–Crippen LogP) is 0.597. The van der Waals surface area contributed by atoms with Gasteiger partial charge in [0.25, 0.3) is 0 Å². The summed E-state index contributed by atoms with van der Waals surface area (Å²) in [5.74, 6) is -0.725. The van der Waals surface area contributed by atoms with Gasteiger partial charge in [-0.15, -0.1) is 0 Å². The Labute approximate surface area is 78.0 Å². The molecule has 0 heterocycles. The quantitative estimate of drug-likeness (QED) is 0.663. The molecule has 1 fully saturated rings. The third kappa shape index (κ3) is 1.24. The van der Waals surface area contributed by atoms with E-state index in [2.05, 4.69) is 0 Å². The molecular weight excluding hydrogens is 163 g/mol. The third-order valence-corrected chi connectivity index (χ3v) is 2.62. The zero-order valence-electron chi connectivity index (χ0n) is 7.16. The van der Waals surface area contributed by atoms with E-state index in [9.17, 15) is 4.79 Å². The average Bonchev–Trinajstić information content (AvgIpc) is 2.86. The van der Waals surface area contributed by atoms with Crippen LogP contribution in [0.1, 0.15) is 18.4 Å². The second kappa shape index (κ2) is 2.62. The van der Waals surface area contributed by atoms with Gasteiger partial charge in [-0.2, -0.15) is 0 Å². The fraction of sp³-hybridized carbons (Fsp3) is 0.300. The smallest absolute Gasteiger partial charge is 0.314 e. The van der Waals surface area contributed by atoms with Crippen molar-refractivity contribution in [2.45, 2.75) is 18.3 Å². The number of hydrogen-bond acceptors (Lipinski definition) is 1. The van der Waals surface area contributed by atoms with E-state index in [0.29, 0.717) is 5.46 Å². The molecule has 1 aromatic rings. The van der Waals surface area contributed by atoms with Gasteiger partial charge >= 0.3 is 5.97 Å². The van der Waals surface area contributed by atoms with E-state index in [1.807, 2.05) is 0 Å². The van der Waals surface area contributed by atoms with Gasteiger partial charge in [0.15, 0.2) is 0 Å². The molecule has 64 valence electrons. The van der Waals surface area contributed by atoms with E-state index >= 15 is 0 Å². The summed E-state index contributed by atoms with van der Waals surface area (Å²) in [7, 11) is 5.52. The molecule has 1 aromatic carbocycles. The minimum absolute atomic E-state index is 0.603. The molecule has 1 aliphatic carbocycles. The molecule has 3 heteroatoms. The molecule has 0 aliphatic heterocycles. The van der Waals surface area contributed by atoms with Crippen molar-refractivity contribution in [1.82, 2.24) is 0 Å². The van der Waals surface area contributed by atoms with E-state index in [-0.39, 0.29) is 0 Å². The highest BCUT2D eigenvalue weighted by molar-refractivity contribution is 6.32. The van der Waals surface area contributed by atoms with Gasteiger partial charge in [-0.3, -0.25) is 4.79 Å². The molecule has 2 radical (unpaired) electrons. The number of hydrogen-bond donors (Lipinski definition) is 1. The number of benzene rings is 1. The Kier molecular flexibility index (Phi) is 1.69. The van der Waals surface area contributed by atoms with Gasteiger partial charge in [0.05, 0.1) is 5.41 Å². The summed E-state index contributed by atoms with van der Waals surface area (Å²) in [4.78, 5) is 10.9. The molecule has 0 atom stereocenters. The Morgan fingerprint density at radius 1 is 1.31 bits per heavy atom. The summed E-state index contributed by atoms with van der Waals surface area (Å²) in [6, 6.07) is 7.10. The van der Waals surface area contributed by atoms with Crippen LogP contribution >= 0.6 is 0 Å². The van der Waals surface area contributed by atoms with Crippen molar-refractivity contribution in [2.24, 2.45) is 0 Å². The topological polar surface area (TPSA) is 37.3 Å². The highest BCUT2D eigenvalue weighted by Gasteiger charge is 2.51. The van der Waals surface area contributed by atoms with E-state index in [0.717, 1.165) is 18.4 Å². The van der Waals surface area contributed by atoms with Crippen molar-refractivity contribution < 1.29 is 9.90 Å². The van der Waals surface area contributed by atoms with Crippen molar-refractivity contribution in [2.75, 3.05) is 0 Å². The van der Waals surface area contributed by atoms with Crippen LogP contribution in [-0.4, -0.2) is 18.9 Å². The number of carboxylic acid groups (broad SMARTS) is 1. The van der Waals surface area contributed by atoms with Gasteiger partial charge in [-0.1, -0.05) is 29.7 Å². The van der Waals surface area contributed by atoms with Crippen LogP contribution in [0.25, 0.3) is 0 Å². The molecule has 2 rings (SSSR count). The van der Waals surface area contributed by atoms with Crippen molar-refractivity contribution in [3.8, 4) is 0 Å². The largest absolute Gasteiger partial charge is 0.481 e. The first-order chi connectivity index (χ1) is 6.15. The Balaban J connectivity index is 2.36. The summed E-state index contributed by atoms with van der Waals surface area (Å²) in [6.07, 6.45) is 1.48. The Morgan fingerprint density at radius 3 is 2.23 bits per heavy atom. The fourth-order valence-corrected chi connectivity index (χ4v) is 1.55. The molecule has 0 spiro atoms. The van der Waals surface area contributed by atoms with E-state index in [1.165, 1.54) is 0 Å². The first-order valence-electron chi connectivity index (χ1n) is 4.24. The molecule has 0 amide bonds. The van der Waals surface area contributed by atoms with Crippen LogP contribution in [-0.2, 0) is 10.2 Å². The lowest BCUT2D eigenvalue weighted by Gasteiger charge is -2.09. The third-order valence-electron chi connectivity index (χ3n) is 2.62. The van der Waals surface area contributed by atoms with Crippen molar-refractivity contribution in [1.29, 1.82) is 0 Å². The van der Waals surface area contributed by atoms with Crippen LogP contribution in [0.4, 0.5) is 0 Å². The SMILES string of the molecule is [B]c1ccc(C2(C(=O)O)CC2)cc1. The molecule has 1 saturated carbocycles. The first kappa shape index (κ1) is 8.36. The molecular formula is C10H9BO2. The zero-order chi connectivity index (χ0) is 9.47. The van der Waals surface area contributed by atoms with Crippen LogP contribution in [0, 0.1) is 0 Å². The molecule has 1 aliphatic rings. The lowest BCUT2D eigenvalue weighted by Crippen LogP contribution is -2.20. The summed E-state index contributed by atoms with van der Waals surface area (Å²) in [6.45, 7) is 0. The second-order valence-electron chi connectivity index (χ2n) is 3.51. The van der Waals surface area contributed by atoms with Gasteiger partial charge < -0.3 is 5.11 Å². The molecule has 2 nitrogen and oxygen atoms in total. The van der Waals surface area contributed by atoms with Crippen molar-refractivity contribution >= 4 is 19.3 Å². The molecule has 13 heavy (non-hydrogen) atoms. The van der Waals surface area contributed by atoms with Crippen LogP contribution in [0.15, 0.2) is 24.3 Å². The molecule has 0 aromatic heterocycles. The maximum absolute atomic E-state index is 10.9. The lowest BCUT2D eigenvalue weighted by atomic mass is 9.90. The Hall–Kier alpha value is -1.25. The molecule has 0 bridgehead atoms. The van der Waals surface area contributed by atoms with Crippen LogP contribution in [0.3, 0.4) is 0 Å². The van der Waals surface area contributed by atoms with E-state index in [4.69, 9.17) is 13.0 Å². The highest BCUT2D eigenvalue weighted by Crippen LogP contribution is 2.48. The zero-order valence-corrected chi connectivity index (χ0v) is 7.16. The van der Waals surface area contributed by atoms with Crippen LogP contribution < -0.4 is 5.46 Å².